The van der Waals surface area contributed by atoms with Crippen molar-refractivity contribution in [2.24, 2.45) is 10.1 Å². The fraction of sp³-hybridized carbons (Fsp3) is 0.429. The van der Waals surface area contributed by atoms with Crippen molar-refractivity contribution in [2.75, 3.05) is 32.1 Å². The van der Waals surface area contributed by atoms with Gasteiger partial charge in [-0.3, -0.25) is 4.99 Å². The quantitative estimate of drug-likeness (QED) is 0.606. The molecule has 1 aliphatic heterocycles. The number of anilines is 1. The normalized spacial score (nSPS) is 14.8. The zero-order valence-electron chi connectivity index (χ0n) is 11.4. The Bertz CT molecular complexity index is 482. The van der Waals surface area contributed by atoms with Crippen molar-refractivity contribution in [1.82, 2.24) is 5.32 Å². The number of hydrogen-bond donors (Lipinski definition) is 2. The summed E-state index contributed by atoms with van der Waals surface area (Å²) in [6.45, 7) is 4.58. The van der Waals surface area contributed by atoms with Crippen LogP contribution in [-0.4, -0.2) is 38.3 Å². The smallest absolute Gasteiger partial charge is 0.116 e. The van der Waals surface area contributed by atoms with Crippen LogP contribution in [0.3, 0.4) is 0 Å². The number of aliphatic imine (C=N–C) groups is 1. The van der Waals surface area contributed by atoms with E-state index in [2.05, 4.69) is 27.7 Å². The molecule has 5 heteroatoms. The number of amidine groups is 1. The maximum Gasteiger partial charge on any atom is 0.116 e. The van der Waals surface area contributed by atoms with Gasteiger partial charge in [0.1, 0.15) is 12.9 Å². The van der Waals surface area contributed by atoms with E-state index in [9.17, 15) is 0 Å². The summed E-state index contributed by atoms with van der Waals surface area (Å²) in [6, 6.07) is 8.11. The highest BCUT2D eigenvalue weighted by molar-refractivity contribution is 6.05. The van der Waals surface area contributed by atoms with E-state index < -0.39 is 0 Å². The van der Waals surface area contributed by atoms with Gasteiger partial charge in [-0.05, 0) is 12.5 Å². The van der Waals surface area contributed by atoms with Crippen LogP contribution in [0.15, 0.2) is 34.4 Å². The van der Waals surface area contributed by atoms with E-state index in [0.29, 0.717) is 6.54 Å². The van der Waals surface area contributed by atoms with Crippen molar-refractivity contribution in [2.45, 2.75) is 13.3 Å². The number of para-hydroxylation sites is 1. The maximum absolute atomic E-state index is 4.91. The van der Waals surface area contributed by atoms with Crippen molar-refractivity contribution in [3.8, 4) is 0 Å². The Hall–Kier alpha value is -2.04. The van der Waals surface area contributed by atoms with Gasteiger partial charge in [0.2, 0.25) is 0 Å². The van der Waals surface area contributed by atoms with Crippen LogP contribution in [-0.2, 0) is 4.84 Å². The van der Waals surface area contributed by atoms with Crippen molar-refractivity contribution in [3.05, 3.63) is 29.8 Å². The molecule has 1 heterocycles. The van der Waals surface area contributed by atoms with Gasteiger partial charge in [-0.2, -0.15) is 0 Å². The second kappa shape index (κ2) is 6.78. The lowest BCUT2D eigenvalue weighted by atomic mass is 10.1. The predicted molar refractivity (Wildman–Crippen MR) is 79.1 cm³/mol. The molecule has 102 valence electrons. The maximum atomic E-state index is 4.91. The Balaban J connectivity index is 2.13. The molecule has 0 unspecified atom stereocenters. The van der Waals surface area contributed by atoms with Gasteiger partial charge < -0.3 is 15.5 Å². The Morgan fingerprint density at radius 2 is 2.32 bits per heavy atom. The number of hydrogen-bond acceptors (Lipinski definition) is 5. The summed E-state index contributed by atoms with van der Waals surface area (Å²) >= 11 is 0. The van der Waals surface area contributed by atoms with Gasteiger partial charge in [0.15, 0.2) is 0 Å². The molecule has 2 N–H and O–H groups in total. The van der Waals surface area contributed by atoms with Gasteiger partial charge in [-0.1, -0.05) is 30.3 Å². The van der Waals surface area contributed by atoms with Crippen LogP contribution in [0.5, 0.6) is 0 Å². The third kappa shape index (κ3) is 3.47. The Kier molecular flexibility index (Phi) is 4.78. The van der Waals surface area contributed by atoms with E-state index in [4.69, 9.17) is 4.84 Å². The minimum atomic E-state index is 0.709. The van der Waals surface area contributed by atoms with E-state index in [1.165, 1.54) is 0 Å². The highest BCUT2D eigenvalue weighted by Gasteiger charge is 2.10. The van der Waals surface area contributed by atoms with Crippen molar-refractivity contribution >= 4 is 17.2 Å². The minimum Gasteiger partial charge on any atom is -0.399 e. The average molecular weight is 260 g/mol. The van der Waals surface area contributed by atoms with Gasteiger partial charge in [0.05, 0.1) is 18.8 Å². The molecule has 0 saturated heterocycles. The molecule has 0 saturated carbocycles. The topological polar surface area (TPSA) is 58.0 Å². The van der Waals surface area contributed by atoms with Gasteiger partial charge in [0, 0.05) is 17.8 Å². The number of benzene rings is 1. The lowest BCUT2D eigenvalue weighted by Gasteiger charge is -2.12. The van der Waals surface area contributed by atoms with Crippen LogP contribution in [0.4, 0.5) is 5.69 Å². The highest BCUT2D eigenvalue weighted by atomic mass is 16.6. The summed E-state index contributed by atoms with van der Waals surface area (Å²) < 4.78 is 0. The van der Waals surface area contributed by atoms with Gasteiger partial charge in [-0.15, -0.1) is 0 Å². The molecule has 0 radical (unpaired) electrons. The number of nitrogens with one attached hydrogen (secondary N) is 2. The molecule has 5 nitrogen and oxygen atoms in total. The van der Waals surface area contributed by atoms with E-state index in [0.717, 1.165) is 42.3 Å². The molecule has 0 atom stereocenters. The summed E-state index contributed by atoms with van der Waals surface area (Å²) in [5.41, 5.74) is 3.06. The van der Waals surface area contributed by atoms with E-state index >= 15 is 0 Å². The van der Waals surface area contributed by atoms with Crippen LogP contribution in [0.25, 0.3) is 0 Å². The van der Waals surface area contributed by atoms with E-state index in [1.807, 2.05) is 24.3 Å². The number of nitrogens with zero attached hydrogens (tertiary/aromatic N) is 2. The average Bonchev–Trinajstić information content (AvgIpc) is 2.96. The molecule has 1 aromatic rings. The van der Waals surface area contributed by atoms with Crippen LogP contribution in [0.2, 0.25) is 0 Å². The molecule has 19 heavy (non-hydrogen) atoms. The lowest BCUT2D eigenvalue weighted by molar-refractivity contribution is 0.213. The molecule has 0 aliphatic carbocycles. The third-order valence-electron chi connectivity index (χ3n) is 2.96. The number of oxime groups is 1. The summed E-state index contributed by atoms with van der Waals surface area (Å²) in [5, 5.41) is 10.7. The first-order valence-corrected chi connectivity index (χ1v) is 6.55. The molecule has 0 fully saturated rings. The van der Waals surface area contributed by atoms with E-state index in [1.54, 1.807) is 7.11 Å². The monoisotopic (exact) mass is 260 g/mol. The molecule has 0 amide bonds. The standard InChI is InChI=1S/C14H20N4O/c1-3-12(18-19-2)11-6-4-5-7-13(11)17-10-14-15-8-9-16-14/h4-7,17H,3,8-10H2,1-2H3,(H,15,16)/b18-12-. The summed E-state index contributed by atoms with van der Waals surface area (Å²) in [5.74, 6) is 1.01. The van der Waals surface area contributed by atoms with Gasteiger partial charge in [-0.25, -0.2) is 0 Å². The first kappa shape index (κ1) is 13.4. The first-order valence-electron chi connectivity index (χ1n) is 6.55. The molecule has 1 aliphatic rings. The molecule has 2 rings (SSSR count). The van der Waals surface area contributed by atoms with E-state index in [-0.39, 0.29) is 0 Å². The summed E-state index contributed by atoms with van der Waals surface area (Å²) in [6.07, 6.45) is 0.825. The molecular formula is C14H20N4O. The zero-order chi connectivity index (χ0) is 13.5. The second-order valence-electron chi connectivity index (χ2n) is 4.23. The molecule has 0 spiro atoms. The van der Waals surface area contributed by atoms with Gasteiger partial charge in [0.25, 0.3) is 0 Å². The fourth-order valence-corrected chi connectivity index (χ4v) is 2.05. The largest absolute Gasteiger partial charge is 0.399 e. The first-order chi connectivity index (χ1) is 9.35. The summed E-state index contributed by atoms with van der Waals surface area (Å²) in [4.78, 5) is 9.28. The highest BCUT2D eigenvalue weighted by Crippen LogP contribution is 2.17. The molecule has 0 bridgehead atoms. The Labute approximate surface area is 113 Å². The Morgan fingerprint density at radius 3 is 3.00 bits per heavy atom. The van der Waals surface area contributed by atoms with Crippen LogP contribution in [0, 0.1) is 0 Å². The second-order valence-corrected chi connectivity index (χ2v) is 4.23. The van der Waals surface area contributed by atoms with Crippen molar-refractivity contribution in [3.63, 3.8) is 0 Å². The molecule has 0 aromatic heterocycles. The Morgan fingerprint density at radius 1 is 1.47 bits per heavy atom. The number of rotatable bonds is 6. The minimum absolute atomic E-state index is 0.709. The van der Waals surface area contributed by atoms with Crippen molar-refractivity contribution < 1.29 is 4.84 Å². The predicted octanol–water partition coefficient (Wildman–Crippen LogP) is 1.86. The molecule has 1 aromatic carbocycles. The van der Waals surface area contributed by atoms with Crippen LogP contribution in [0.1, 0.15) is 18.9 Å². The van der Waals surface area contributed by atoms with Crippen LogP contribution >= 0.6 is 0 Å². The lowest BCUT2D eigenvalue weighted by Crippen LogP contribution is -2.26. The summed E-state index contributed by atoms with van der Waals surface area (Å²) in [7, 11) is 1.57. The molecular weight excluding hydrogens is 240 g/mol. The van der Waals surface area contributed by atoms with Gasteiger partial charge >= 0.3 is 0 Å². The third-order valence-corrected chi connectivity index (χ3v) is 2.96. The zero-order valence-corrected chi connectivity index (χ0v) is 11.4. The van der Waals surface area contributed by atoms with Crippen LogP contribution < -0.4 is 10.6 Å². The SMILES string of the molecule is CC/C(=N/OC)c1ccccc1NCC1=NCCN1. The van der Waals surface area contributed by atoms with Crippen molar-refractivity contribution in [1.29, 1.82) is 0 Å². The fourth-order valence-electron chi connectivity index (χ4n) is 2.05.